The summed E-state index contributed by atoms with van der Waals surface area (Å²) in [6.07, 6.45) is 2.48. The Balaban J connectivity index is 1.43. The molecule has 1 atom stereocenters. The first-order chi connectivity index (χ1) is 18.8. The highest BCUT2D eigenvalue weighted by molar-refractivity contribution is 6.03. The first-order valence-electron chi connectivity index (χ1n) is 13.9. The number of ether oxygens (including phenoxy) is 1. The molecule has 1 aromatic carbocycles. The molecule has 2 amide bonds. The molecule has 3 N–H and O–H groups in total. The number of benzene rings is 1. The van der Waals surface area contributed by atoms with Gasteiger partial charge in [-0.3, -0.25) is 14.5 Å². The van der Waals surface area contributed by atoms with Crippen LogP contribution >= 0.6 is 0 Å². The number of hydrogen-bond acceptors (Lipinski definition) is 9. The second kappa shape index (κ2) is 13.6. The lowest BCUT2D eigenvalue weighted by atomic mass is 10.2. The van der Waals surface area contributed by atoms with Gasteiger partial charge in [-0.25, -0.2) is 0 Å². The molecule has 3 heterocycles. The third kappa shape index (κ3) is 8.03. The number of piperazine rings is 1. The van der Waals surface area contributed by atoms with E-state index >= 15 is 0 Å². The number of likely N-dealkylation sites (N-methyl/N-ethyl adjacent to an activating group) is 1. The van der Waals surface area contributed by atoms with Gasteiger partial charge in [-0.05, 0) is 32.4 Å². The summed E-state index contributed by atoms with van der Waals surface area (Å²) in [4.78, 5) is 43.1. The molecule has 0 spiro atoms. The minimum atomic E-state index is -0.168. The summed E-state index contributed by atoms with van der Waals surface area (Å²) in [5, 5.41) is 2.80. The number of carbonyl (C=O) groups is 2. The molecule has 0 bridgehead atoms. The van der Waals surface area contributed by atoms with E-state index in [-0.39, 0.29) is 36.3 Å². The maximum atomic E-state index is 13.4. The van der Waals surface area contributed by atoms with E-state index in [4.69, 9.17) is 10.5 Å². The van der Waals surface area contributed by atoms with Crippen molar-refractivity contribution < 1.29 is 14.3 Å². The fourth-order valence-electron chi connectivity index (χ4n) is 4.95. The summed E-state index contributed by atoms with van der Waals surface area (Å²) < 4.78 is 5.89. The van der Waals surface area contributed by atoms with Gasteiger partial charge in [-0.2, -0.15) is 9.97 Å². The fourth-order valence-corrected chi connectivity index (χ4v) is 4.95. The highest BCUT2D eigenvalue weighted by Crippen LogP contribution is 2.33. The summed E-state index contributed by atoms with van der Waals surface area (Å²) in [7, 11) is 2.11. The van der Waals surface area contributed by atoms with Crippen molar-refractivity contribution in [2.75, 3.05) is 75.4 Å². The third-order valence-electron chi connectivity index (χ3n) is 7.18. The molecule has 1 saturated heterocycles. The van der Waals surface area contributed by atoms with Crippen LogP contribution in [-0.2, 0) is 16.1 Å². The van der Waals surface area contributed by atoms with Crippen molar-refractivity contribution in [3.63, 3.8) is 0 Å². The molecular weight excluding hydrogens is 496 g/mol. The molecule has 2 aromatic rings. The second-order valence-electron chi connectivity index (χ2n) is 10.5. The molecule has 1 unspecified atom stereocenters. The zero-order chi connectivity index (χ0) is 27.8. The average molecular weight is 539 g/mol. The second-order valence-corrected chi connectivity index (χ2v) is 10.5. The van der Waals surface area contributed by atoms with Gasteiger partial charge in [0.1, 0.15) is 5.69 Å². The Morgan fingerprint density at radius 3 is 2.64 bits per heavy atom. The van der Waals surface area contributed by atoms with E-state index < -0.39 is 0 Å². The van der Waals surface area contributed by atoms with Crippen LogP contribution in [0.15, 0.2) is 30.3 Å². The lowest BCUT2D eigenvalue weighted by molar-refractivity contribution is -0.133. The largest absolute Gasteiger partial charge is 0.460 e. The number of rotatable bonds is 12. The number of fused-ring (bicyclic) bond motifs is 1. The molecule has 2 aliphatic rings. The topological polar surface area (TPSA) is 120 Å². The van der Waals surface area contributed by atoms with Crippen LogP contribution in [-0.4, -0.2) is 102 Å². The Kier molecular flexibility index (Phi) is 9.94. The van der Waals surface area contributed by atoms with Crippen molar-refractivity contribution in [1.82, 2.24) is 24.7 Å². The molecule has 4 rings (SSSR count). The van der Waals surface area contributed by atoms with Crippen LogP contribution in [0.2, 0.25) is 0 Å². The van der Waals surface area contributed by atoms with Gasteiger partial charge in [0, 0.05) is 45.8 Å². The van der Waals surface area contributed by atoms with Gasteiger partial charge >= 0.3 is 6.01 Å². The number of nitrogens with zero attached hydrogens (tertiary/aromatic N) is 6. The lowest BCUT2D eigenvalue weighted by Crippen LogP contribution is -2.49. The summed E-state index contributed by atoms with van der Waals surface area (Å²) in [5.74, 6) is 0.689. The lowest BCUT2D eigenvalue weighted by Gasteiger charge is -2.34. The Morgan fingerprint density at radius 1 is 1.18 bits per heavy atom. The van der Waals surface area contributed by atoms with Crippen LogP contribution in [0, 0.1) is 0 Å². The number of nitrogen functional groups attached to an aromatic ring is 1. The van der Waals surface area contributed by atoms with Crippen LogP contribution in [0.5, 0.6) is 6.01 Å². The van der Waals surface area contributed by atoms with Gasteiger partial charge in [-0.15, -0.1) is 0 Å². The summed E-state index contributed by atoms with van der Waals surface area (Å²) in [6.45, 7) is 10.0. The molecule has 39 heavy (non-hydrogen) atoms. The van der Waals surface area contributed by atoms with Gasteiger partial charge in [0.05, 0.1) is 19.2 Å². The van der Waals surface area contributed by atoms with E-state index in [0.717, 1.165) is 44.6 Å². The molecule has 11 heteroatoms. The number of nitrogens with one attached hydrogen (secondary N) is 1. The molecule has 2 aliphatic heterocycles. The summed E-state index contributed by atoms with van der Waals surface area (Å²) in [5.41, 5.74) is 7.69. The Morgan fingerprint density at radius 2 is 1.92 bits per heavy atom. The molecule has 212 valence electrons. The van der Waals surface area contributed by atoms with Crippen LogP contribution in [0.25, 0.3) is 0 Å². The third-order valence-corrected chi connectivity index (χ3v) is 7.18. The first kappa shape index (κ1) is 28.6. The molecular formula is C28H42N8O3. The molecule has 0 aliphatic carbocycles. The minimum Gasteiger partial charge on any atom is -0.460 e. The summed E-state index contributed by atoms with van der Waals surface area (Å²) in [6, 6.07) is 10.3. The van der Waals surface area contributed by atoms with E-state index in [2.05, 4.69) is 39.1 Å². The van der Waals surface area contributed by atoms with Gasteiger partial charge in [-0.1, -0.05) is 43.7 Å². The van der Waals surface area contributed by atoms with Gasteiger partial charge in [0.2, 0.25) is 11.8 Å². The van der Waals surface area contributed by atoms with Crippen molar-refractivity contribution in [2.45, 2.75) is 45.8 Å². The number of nitrogens with two attached hydrogens (primary N) is 1. The zero-order valence-electron chi connectivity index (χ0n) is 23.4. The quantitative estimate of drug-likeness (QED) is 0.418. The summed E-state index contributed by atoms with van der Waals surface area (Å²) >= 11 is 0. The first-order valence-corrected chi connectivity index (χ1v) is 13.9. The predicted molar refractivity (Wildman–Crippen MR) is 153 cm³/mol. The zero-order valence-corrected chi connectivity index (χ0v) is 23.4. The van der Waals surface area contributed by atoms with E-state index in [1.54, 1.807) is 0 Å². The molecule has 0 radical (unpaired) electrons. The molecule has 1 fully saturated rings. The molecule has 0 saturated carbocycles. The average Bonchev–Trinajstić information content (AvgIpc) is 2.90. The molecule has 1 aromatic heterocycles. The van der Waals surface area contributed by atoms with Crippen molar-refractivity contribution in [3.8, 4) is 6.01 Å². The van der Waals surface area contributed by atoms with Crippen LogP contribution in [0.4, 0.5) is 17.3 Å². The van der Waals surface area contributed by atoms with Gasteiger partial charge in [0.25, 0.3) is 0 Å². The number of anilines is 3. The monoisotopic (exact) mass is 538 g/mol. The van der Waals surface area contributed by atoms with Crippen molar-refractivity contribution >= 4 is 29.1 Å². The van der Waals surface area contributed by atoms with E-state index in [9.17, 15) is 9.59 Å². The van der Waals surface area contributed by atoms with Crippen LogP contribution in [0.3, 0.4) is 0 Å². The predicted octanol–water partition coefficient (Wildman–Crippen LogP) is 2.05. The smallest absolute Gasteiger partial charge is 0.320 e. The Hall–Kier alpha value is -3.44. The van der Waals surface area contributed by atoms with Crippen molar-refractivity contribution in [3.05, 3.63) is 35.9 Å². The standard InChI is InChI=1S/C28H42N8O3/c1-4-9-21(2)39-28-31-26(29)25-27(32-28)36(19-23(37)30-25)13-8-12-35(18-22-10-6-5-7-11-22)24(38)20-34-16-14-33(3)15-17-34/h5-7,10-11,21H,4,8-9,12-20H2,1-3H3,(H,30,37)(H2,29,31,32). The van der Waals surface area contributed by atoms with Crippen molar-refractivity contribution in [2.24, 2.45) is 0 Å². The normalized spacial score (nSPS) is 16.9. The number of carbonyl (C=O) groups excluding carboxylic acids is 2. The highest BCUT2D eigenvalue weighted by atomic mass is 16.5. The highest BCUT2D eigenvalue weighted by Gasteiger charge is 2.28. The maximum Gasteiger partial charge on any atom is 0.320 e. The minimum absolute atomic E-state index is 0.0445. The molecule has 11 nitrogen and oxygen atoms in total. The van der Waals surface area contributed by atoms with Gasteiger partial charge < -0.3 is 30.5 Å². The fraction of sp³-hybridized carbons (Fsp3) is 0.571. The number of hydrogen-bond donors (Lipinski definition) is 2. The van der Waals surface area contributed by atoms with E-state index in [1.165, 1.54) is 0 Å². The number of amides is 2. The van der Waals surface area contributed by atoms with Gasteiger partial charge in [0.15, 0.2) is 11.6 Å². The maximum absolute atomic E-state index is 13.4. The Labute approximate surface area is 231 Å². The SMILES string of the molecule is CCCC(C)Oc1nc(N)c2c(n1)N(CCCN(Cc1ccccc1)C(=O)CN1CCN(C)CC1)CC(=O)N2. The van der Waals surface area contributed by atoms with E-state index in [0.29, 0.717) is 44.1 Å². The van der Waals surface area contributed by atoms with Crippen molar-refractivity contribution in [1.29, 1.82) is 0 Å². The van der Waals surface area contributed by atoms with Crippen LogP contribution in [0.1, 0.15) is 38.7 Å². The number of aromatic nitrogens is 2. The van der Waals surface area contributed by atoms with E-state index in [1.807, 2.05) is 47.1 Å². The van der Waals surface area contributed by atoms with Crippen LogP contribution < -0.4 is 20.7 Å². The Bertz CT molecular complexity index is 1110.